The number of rotatable bonds is 8. The van der Waals surface area contributed by atoms with Crippen molar-refractivity contribution in [2.45, 2.75) is 13.3 Å². The van der Waals surface area contributed by atoms with Gasteiger partial charge in [-0.1, -0.05) is 18.2 Å². The molecule has 31 heavy (non-hydrogen) atoms. The molecule has 0 radical (unpaired) electrons. The Labute approximate surface area is 201 Å². The van der Waals surface area contributed by atoms with E-state index in [4.69, 9.17) is 9.47 Å². The van der Waals surface area contributed by atoms with Crippen LogP contribution in [0.2, 0.25) is 0 Å². The summed E-state index contributed by atoms with van der Waals surface area (Å²) in [6, 6.07) is 13.1. The fraction of sp³-hybridized carbons (Fsp3) is 0.381. The number of aliphatic imine (C=N–C) groups is 1. The largest absolute Gasteiger partial charge is 0.493 e. The van der Waals surface area contributed by atoms with E-state index in [0.29, 0.717) is 30.6 Å². The third kappa shape index (κ3) is 6.16. The molecular formula is C21H29IN4O4S. The number of guanidine groups is 1. The minimum absolute atomic E-state index is 0. The highest BCUT2D eigenvalue weighted by Crippen LogP contribution is 2.31. The van der Waals surface area contributed by atoms with Gasteiger partial charge in [-0.3, -0.25) is 9.30 Å². The first kappa shape index (κ1) is 25.1. The van der Waals surface area contributed by atoms with Gasteiger partial charge in [-0.05, 0) is 37.1 Å². The van der Waals surface area contributed by atoms with E-state index in [1.165, 1.54) is 4.31 Å². The van der Waals surface area contributed by atoms with Crippen LogP contribution in [0.1, 0.15) is 12.5 Å². The van der Waals surface area contributed by atoms with Gasteiger partial charge in [-0.25, -0.2) is 8.42 Å². The van der Waals surface area contributed by atoms with E-state index >= 15 is 0 Å². The molecule has 3 rings (SSSR count). The Kier molecular flexibility index (Phi) is 9.23. The number of ether oxygens (including phenoxy) is 2. The zero-order chi connectivity index (χ0) is 21.6. The highest BCUT2D eigenvalue weighted by atomic mass is 127. The normalized spacial score (nSPS) is 13.3. The molecule has 2 aromatic rings. The van der Waals surface area contributed by atoms with Gasteiger partial charge < -0.3 is 20.1 Å². The van der Waals surface area contributed by atoms with Crippen molar-refractivity contribution in [3.8, 4) is 11.5 Å². The van der Waals surface area contributed by atoms with Crippen LogP contribution in [0.5, 0.6) is 11.5 Å². The van der Waals surface area contributed by atoms with E-state index in [1.807, 2.05) is 43.3 Å². The minimum Gasteiger partial charge on any atom is -0.493 e. The molecule has 0 saturated carbocycles. The Morgan fingerprint density at radius 2 is 1.97 bits per heavy atom. The summed E-state index contributed by atoms with van der Waals surface area (Å²) in [6.45, 7) is 3.17. The number of para-hydroxylation sites is 1. The second kappa shape index (κ2) is 11.4. The molecule has 0 amide bonds. The van der Waals surface area contributed by atoms with Gasteiger partial charge >= 0.3 is 0 Å². The molecule has 1 aliphatic heterocycles. The number of hydrogen-bond donors (Lipinski definition) is 2. The summed E-state index contributed by atoms with van der Waals surface area (Å²) in [7, 11) is -0.211. The molecule has 0 aromatic heterocycles. The number of nitrogens with one attached hydrogen (secondary N) is 2. The van der Waals surface area contributed by atoms with Gasteiger partial charge in [0.1, 0.15) is 0 Å². The molecule has 0 aliphatic carbocycles. The van der Waals surface area contributed by atoms with E-state index in [2.05, 4.69) is 15.6 Å². The molecule has 0 atom stereocenters. The average molecular weight is 560 g/mol. The lowest BCUT2D eigenvalue weighted by molar-refractivity contribution is 0.311. The molecule has 1 heterocycles. The molecule has 170 valence electrons. The van der Waals surface area contributed by atoms with E-state index in [1.54, 1.807) is 20.2 Å². The number of sulfonamides is 1. The van der Waals surface area contributed by atoms with Crippen LogP contribution in [-0.2, 0) is 16.4 Å². The summed E-state index contributed by atoms with van der Waals surface area (Å²) in [5.41, 5.74) is 2.59. The van der Waals surface area contributed by atoms with Crippen molar-refractivity contribution in [1.82, 2.24) is 5.32 Å². The lowest BCUT2D eigenvalue weighted by Crippen LogP contribution is -2.39. The maximum absolute atomic E-state index is 12.8. The van der Waals surface area contributed by atoms with Crippen molar-refractivity contribution in [3.63, 3.8) is 0 Å². The van der Waals surface area contributed by atoms with E-state index in [0.717, 1.165) is 23.4 Å². The summed E-state index contributed by atoms with van der Waals surface area (Å²) in [4.78, 5) is 4.16. The molecule has 0 unspecified atom stereocenters. The van der Waals surface area contributed by atoms with Crippen molar-refractivity contribution < 1.29 is 17.9 Å². The maximum atomic E-state index is 12.8. The van der Waals surface area contributed by atoms with Crippen molar-refractivity contribution in [1.29, 1.82) is 0 Å². The van der Waals surface area contributed by atoms with Gasteiger partial charge in [0.15, 0.2) is 17.5 Å². The van der Waals surface area contributed by atoms with Crippen molar-refractivity contribution in [2.75, 3.05) is 49.2 Å². The zero-order valence-corrected chi connectivity index (χ0v) is 21.1. The highest BCUT2D eigenvalue weighted by molar-refractivity contribution is 14.0. The van der Waals surface area contributed by atoms with Crippen LogP contribution in [0.3, 0.4) is 0 Å². The molecule has 8 nitrogen and oxygen atoms in total. The Balaban J connectivity index is 0.00000341. The molecular weight excluding hydrogens is 531 g/mol. The molecule has 0 bridgehead atoms. The van der Waals surface area contributed by atoms with Crippen molar-refractivity contribution >= 4 is 51.3 Å². The number of methoxy groups -OCH3 is 1. The number of anilines is 2. The van der Waals surface area contributed by atoms with Crippen LogP contribution in [0.25, 0.3) is 0 Å². The SMILES string of the molecule is CCOc1ccc(NC(=NC)NCCS(=O)(=O)N2CCc3ccccc32)cc1OC.I. The molecule has 10 heteroatoms. The van der Waals surface area contributed by atoms with Gasteiger partial charge in [0.05, 0.1) is 25.2 Å². The Bertz CT molecular complexity index is 1010. The molecule has 2 aromatic carbocycles. The first-order valence-electron chi connectivity index (χ1n) is 9.85. The number of benzene rings is 2. The van der Waals surface area contributed by atoms with Crippen molar-refractivity contribution in [2.24, 2.45) is 4.99 Å². The summed E-state index contributed by atoms with van der Waals surface area (Å²) in [5.74, 6) is 1.70. The highest BCUT2D eigenvalue weighted by Gasteiger charge is 2.28. The number of fused-ring (bicyclic) bond motifs is 1. The van der Waals surface area contributed by atoms with Crippen LogP contribution in [0.4, 0.5) is 11.4 Å². The van der Waals surface area contributed by atoms with Gasteiger partial charge in [0.2, 0.25) is 10.0 Å². The van der Waals surface area contributed by atoms with Crippen molar-refractivity contribution in [3.05, 3.63) is 48.0 Å². The van der Waals surface area contributed by atoms with E-state index in [9.17, 15) is 8.42 Å². The molecule has 0 spiro atoms. The lowest BCUT2D eigenvalue weighted by Gasteiger charge is -2.20. The van der Waals surface area contributed by atoms with Crippen LogP contribution in [0, 0.1) is 0 Å². The van der Waals surface area contributed by atoms with Gasteiger partial charge in [0, 0.05) is 31.9 Å². The Morgan fingerprint density at radius 1 is 1.19 bits per heavy atom. The monoisotopic (exact) mass is 560 g/mol. The van der Waals surface area contributed by atoms with Crippen LogP contribution < -0.4 is 24.4 Å². The second-order valence-electron chi connectivity index (χ2n) is 6.69. The molecule has 0 saturated heterocycles. The average Bonchev–Trinajstić information content (AvgIpc) is 3.19. The third-order valence-electron chi connectivity index (χ3n) is 4.78. The zero-order valence-electron chi connectivity index (χ0n) is 17.9. The first-order valence-corrected chi connectivity index (χ1v) is 11.5. The fourth-order valence-corrected chi connectivity index (χ4v) is 4.77. The second-order valence-corrected chi connectivity index (χ2v) is 8.70. The van der Waals surface area contributed by atoms with Crippen LogP contribution in [-0.4, -0.2) is 54.0 Å². The summed E-state index contributed by atoms with van der Waals surface area (Å²) in [6.07, 6.45) is 0.742. The molecule has 0 fully saturated rings. The Morgan fingerprint density at radius 3 is 2.68 bits per heavy atom. The number of halogens is 1. The molecule has 1 aliphatic rings. The van der Waals surface area contributed by atoms with Gasteiger partial charge in [-0.2, -0.15) is 0 Å². The third-order valence-corrected chi connectivity index (χ3v) is 6.55. The topological polar surface area (TPSA) is 92.3 Å². The Hall–Kier alpha value is -2.21. The number of hydrogen-bond acceptors (Lipinski definition) is 5. The number of nitrogens with zero attached hydrogens (tertiary/aromatic N) is 2. The summed E-state index contributed by atoms with van der Waals surface area (Å²) < 4.78 is 38.0. The maximum Gasteiger partial charge on any atom is 0.236 e. The predicted octanol–water partition coefficient (Wildman–Crippen LogP) is 3.09. The van der Waals surface area contributed by atoms with E-state index < -0.39 is 10.0 Å². The quantitative estimate of drug-likeness (QED) is 0.293. The van der Waals surface area contributed by atoms with Crippen LogP contribution in [0.15, 0.2) is 47.5 Å². The lowest BCUT2D eigenvalue weighted by atomic mass is 10.2. The van der Waals surface area contributed by atoms with E-state index in [-0.39, 0.29) is 36.3 Å². The summed E-state index contributed by atoms with van der Waals surface area (Å²) >= 11 is 0. The molecule has 2 N–H and O–H groups in total. The van der Waals surface area contributed by atoms with Gasteiger partial charge in [0.25, 0.3) is 0 Å². The fourth-order valence-electron chi connectivity index (χ4n) is 3.34. The standard InChI is InChI=1S/C21H28N4O4S.HI/c1-4-29-19-10-9-17(15-20(19)28-3)24-21(22-2)23-12-14-30(26,27)25-13-11-16-7-5-6-8-18(16)25;/h5-10,15H,4,11-14H2,1-3H3,(H2,22,23,24);1H. The van der Waals surface area contributed by atoms with Gasteiger partial charge in [-0.15, -0.1) is 24.0 Å². The smallest absolute Gasteiger partial charge is 0.236 e. The minimum atomic E-state index is -3.42. The van der Waals surface area contributed by atoms with Crippen LogP contribution >= 0.6 is 24.0 Å². The predicted molar refractivity (Wildman–Crippen MR) is 136 cm³/mol. The first-order chi connectivity index (χ1) is 14.5. The summed E-state index contributed by atoms with van der Waals surface area (Å²) in [5, 5.41) is 6.20.